The maximum atomic E-state index is 14.4. The van der Waals surface area contributed by atoms with Crippen molar-refractivity contribution in [3.8, 4) is 0 Å². The quantitative estimate of drug-likeness (QED) is 0.146. The molecule has 352 valence electrons. The van der Waals surface area contributed by atoms with Crippen molar-refractivity contribution in [1.29, 1.82) is 0 Å². The number of rotatable bonds is 10. The van der Waals surface area contributed by atoms with Crippen molar-refractivity contribution in [3.63, 3.8) is 0 Å². The molecule has 3 heterocycles. The first-order valence-electron chi connectivity index (χ1n) is 21.4. The lowest BCUT2D eigenvalue weighted by atomic mass is 9.72. The Morgan fingerprint density at radius 1 is 0.918 bits per heavy atom. The van der Waals surface area contributed by atoms with E-state index in [4.69, 9.17) is 28.4 Å². The van der Waals surface area contributed by atoms with Gasteiger partial charge in [-0.25, -0.2) is 13.1 Å². The van der Waals surface area contributed by atoms with Gasteiger partial charge in [-0.2, -0.15) is 0 Å². The summed E-state index contributed by atoms with van der Waals surface area (Å²) in [6, 6.07) is 4.76. The number of aliphatic hydroxyl groups is 5. The van der Waals surface area contributed by atoms with Gasteiger partial charge < -0.3 is 58.9 Å². The Balaban J connectivity index is 1.91. The van der Waals surface area contributed by atoms with Gasteiger partial charge in [0.1, 0.15) is 23.9 Å². The average Bonchev–Trinajstić information content (AvgIpc) is 3.18. The van der Waals surface area contributed by atoms with Crippen LogP contribution in [-0.4, -0.2) is 156 Å². The Morgan fingerprint density at radius 3 is 2.08 bits per heavy atom. The van der Waals surface area contributed by atoms with Crippen LogP contribution in [0, 0.1) is 27.2 Å². The van der Waals surface area contributed by atoms with Crippen molar-refractivity contribution in [2.24, 2.45) is 23.7 Å². The van der Waals surface area contributed by atoms with E-state index in [1.807, 2.05) is 25.9 Å². The van der Waals surface area contributed by atoms with Crippen LogP contribution >= 0.6 is 22.6 Å². The molecule has 0 bridgehead atoms. The maximum Gasteiger partial charge on any atom is 0.311 e. The van der Waals surface area contributed by atoms with Gasteiger partial charge in [-0.15, -0.1) is 0 Å². The molecule has 3 aliphatic rings. The molecule has 6 N–H and O–H groups in total. The van der Waals surface area contributed by atoms with E-state index in [0.717, 1.165) is 3.57 Å². The van der Waals surface area contributed by atoms with Crippen molar-refractivity contribution >= 4 is 38.6 Å². The topological polar surface area (TPSA) is 223 Å². The smallest absolute Gasteiger partial charge is 0.311 e. The highest BCUT2D eigenvalue weighted by atomic mass is 127. The summed E-state index contributed by atoms with van der Waals surface area (Å²) < 4.78 is 69.4. The predicted molar refractivity (Wildman–Crippen MR) is 235 cm³/mol. The lowest BCUT2D eigenvalue weighted by molar-refractivity contribution is -0.318. The summed E-state index contributed by atoms with van der Waals surface area (Å²) in [5.74, 6) is -4.59. The summed E-state index contributed by atoms with van der Waals surface area (Å²) in [5, 5.41) is 59.7. The molecule has 0 radical (unpaired) electrons. The van der Waals surface area contributed by atoms with Crippen LogP contribution in [0.25, 0.3) is 0 Å². The Kier molecular flexibility index (Phi) is 17.7. The van der Waals surface area contributed by atoms with Crippen LogP contribution in [0.3, 0.4) is 0 Å². The number of aliphatic hydroxyl groups excluding tert-OH is 3. The predicted octanol–water partition coefficient (Wildman–Crippen LogP) is 3.17. The molecular formula is C43H73IN2O14S. The second kappa shape index (κ2) is 20.6. The largest absolute Gasteiger partial charge is 0.459 e. The number of carbonyl (C=O) groups excluding carboxylic acids is 1. The molecule has 16 nitrogen and oxygen atoms in total. The van der Waals surface area contributed by atoms with E-state index in [1.165, 1.54) is 33.1 Å². The van der Waals surface area contributed by atoms with Crippen molar-refractivity contribution < 1.29 is 67.2 Å². The molecule has 1 aromatic carbocycles. The molecule has 3 aliphatic heterocycles. The molecule has 19 atom stereocenters. The summed E-state index contributed by atoms with van der Waals surface area (Å²) in [6.45, 7) is 16.5. The average molecular weight is 1000 g/mol. The maximum absolute atomic E-state index is 14.4. The molecule has 18 heteroatoms. The normalized spacial score (nSPS) is 45.0. The van der Waals surface area contributed by atoms with Gasteiger partial charge in [0.25, 0.3) is 0 Å². The number of ether oxygens (including phenoxy) is 6. The SMILES string of the molecule is CC[C@H]1OC(=O)[C@H](C)[C@@H](O[C@H]2C[C@@](C)(OC)[C@@H](O)[C@H](C)O2)[C@H](C)[C@@H](O[C@H]2O[C@@H](C)C[C@@H](N(C)C)[C@@H]2O)[C@](C)(O)C[C@@H](C)[C@H](NS(=O)(=O)c2ccc(I)cc2)[C@H](C)[C@@H](O)[C@]1(C)O. The minimum atomic E-state index is -4.24. The number of hydrogen-bond donors (Lipinski definition) is 6. The third-order valence-electron chi connectivity index (χ3n) is 13.5. The first kappa shape index (κ1) is 52.5. The summed E-state index contributed by atoms with van der Waals surface area (Å²) in [6.07, 6.45) is -10.4. The Hall–Kier alpha value is -1.11. The number of nitrogens with zero attached hydrogens (tertiary/aromatic N) is 1. The van der Waals surface area contributed by atoms with Crippen LogP contribution in [0.4, 0.5) is 0 Å². The van der Waals surface area contributed by atoms with Crippen molar-refractivity contribution in [1.82, 2.24) is 9.62 Å². The van der Waals surface area contributed by atoms with Gasteiger partial charge in [0.2, 0.25) is 10.0 Å². The zero-order chi connectivity index (χ0) is 46.2. The van der Waals surface area contributed by atoms with E-state index >= 15 is 0 Å². The number of halogens is 1. The van der Waals surface area contributed by atoms with E-state index < -0.39 is 118 Å². The monoisotopic (exact) mass is 1000 g/mol. The van der Waals surface area contributed by atoms with Gasteiger partial charge in [0.15, 0.2) is 12.6 Å². The highest BCUT2D eigenvalue weighted by Crippen LogP contribution is 2.41. The molecule has 3 saturated heterocycles. The van der Waals surface area contributed by atoms with Crippen LogP contribution in [0.5, 0.6) is 0 Å². The fourth-order valence-electron chi connectivity index (χ4n) is 9.69. The molecule has 0 unspecified atom stereocenters. The molecule has 0 amide bonds. The summed E-state index contributed by atoms with van der Waals surface area (Å²) >= 11 is 2.08. The third kappa shape index (κ3) is 11.8. The number of benzene rings is 1. The Bertz CT molecular complexity index is 1700. The van der Waals surface area contributed by atoms with Gasteiger partial charge >= 0.3 is 5.97 Å². The number of cyclic esters (lactones) is 1. The minimum absolute atomic E-state index is 0.0201. The first-order chi connectivity index (χ1) is 28.1. The van der Waals surface area contributed by atoms with Crippen molar-refractivity contribution in [3.05, 3.63) is 27.8 Å². The standard InChI is InChI=1S/C43H73IN2O14S/c1-14-31-43(10,52)36(48)24(4)33(45-61(53,54)29-17-15-28(44)16-18-29)22(2)20-41(8,51)38(60-40-34(47)30(46(11)12)19-23(3)56-40)25(5)35(26(6)39(50)58-31)59-32-21-42(9,55-13)37(49)27(7)57-32/h15-18,22-27,30-38,40,45,47-49,51-52H,14,19-21H2,1-13H3/t22-,23+,24+,25+,26-,27+,30-,31-,32+,33+,34+,35+,36-,37+,38-,40-,41-,42-,43-/m1/s1. The van der Waals surface area contributed by atoms with Crippen LogP contribution in [0.15, 0.2) is 29.2 Å². The van der Waals surface area contributed by atoms with Gasteiger partial charge in [-0.3, -0.25) is 4.79 Å². The van der Waals surface area contributed by atoms with Crippen molar-refractivity contribution in [2.75, 3.05) is 21.2 Å². The molecular weight excluding hydrogens is 927 g/mol. The van der Waals surface area contributed by atoms with Crippen molar-refractivity contribution in [2.45, 2.75) is 190 Å². The second-order valence-electron chi connectivity index (χ2n) is 18.8. The minimum Gasteiger partial charge on any atom is -0.459 e. The number of carbonyl (C=O) groups is 1. The Morgan fingerprint density at radius 2 is 1.52 bits per heavy atom. The molecule has 0 spiro atoms. The van der Waals surface area contributed by atoms with E-state index in [9.17, 15) is 38.7 Å². The van der Waals surface area contributed by atoms with E-state index in [1.54, 1.807) is 60.6 Å². The van der Waals surface area contributed by atoms with E-state index in [2.05, 4.69) is 27.3 Å². The number of nitrogens with one attached hydrogen (secondary N) is 1. The molecule has 4 rings (SSSR count). The molecule has 0 aliphatic carbocycles. The molecule has 1 aromatic rings. The van der Waals surface area contributed by atoms with Gasteiger partial charge in [-0.1, -0.05) is 27.7 Å². The number of esters is 1. The molecule has 3 fully saturated rings. The summed E-state index contributed by atoms with van der Waals surface area (Å²) in [4.78, 5) is 16.3. The number of methoxy groups -OCH3 is 1. The zero-order valence-corrected chi connectivity index (χ0v) is 41.0. The fourth-order valence-corrected chi connectivity index (χ4v) is 11.5. The van der Waals surface area contributed by atoms with Crippen LogP contribution < -0.4 is 4.72 Å². The van der Waals surface area contributed by atoms with Crippen LogP contribution in [-0.2, 0) is 43.2 Å². The van der Waals surface area contributed by atoms with Crippen LogP contribution in [0.1, 0.15) is 94.9 Å². The van der Waals surface area contributed by atoms with E-state index in [-0.39, 0.29) is 36.3 Å². The summed E-state index contributed by atoms with van der Waals surface area (Å²) in [5.41, 5.74) is -5.05. The van der Waals surface area contributed by atoms with Gasteiger partial charge in [0, 0.05) is 41.0 Å². The number of likely N-dealkylation sites (N-methyl/N-ethyl adjacent to an activating group) is 1. The highest BCUT2D eigenvalue weighted by Gasteiger charge is 2.54. The Labute approximate surface area is 376 Å². The van der Waals surface area contributed by atoms with Gasteiger partial charge in [0.05, 0.1) is 52.5 Å². The van der Waals surface area contributed by atoms with Gasteiger partial charge in [-0.05, 0) is 128 Å². The lowest BCUT2D eigenvalue weighted by Crippen LogP contribution is -2.62. The van der Waals surface area contributed by atoms with E-state index in [0.29, 0.717) is 6.42 Å². The highest BCUT2D eigenvalue weighted by molar-refractivity contribution is 14.1. The first-order valence-corrected chi connectivity index (χ1v) is 24.0. The van der Waals surface area contributed by atoms with Crippen LogP contribution in [0.2, 0.25) is 0 Å². The fraction of sp³-hybridized carbons (Fsp3) is 0.837. The lowest BCUT2D eigenvalue weighted by Gasteiger charge is -2.49. The second-order valence-corrected chi connectivity index (χ2v) is 21.8. The summed E-state index contributed by atoms with van der Waals surface area (Å²) in [7, 11) is 0.914. The molecule has 61 heavy (non-hydrogen) atoms. The number of hydrogen-bond acceptors (Lipinski definition) is 15. The molecule has 0 aromatic heterocycles. The third-order valence-corrected chi connectivity index (χ3v) is 15.7. The molecule has 0 saturated carbocycles. The number of sulfonamides is 1. The zero-order valence-electron chi connectivity index (χ0n) is 38.0.